The number of carbonyl (C=O) groups excluding carboxylic acids is 1. The van der Waals surface area contributed by atoms with E-state index in [0.717, 1.165) is 22.4 Å². The van der Waals surface area contributed by atoms with Crippen LogP contribution >= 0.6 is 0 Å². The highest BCUT2D eigenvalue weighted by Gasteiger charge is 2.20. The molecule has 0 radical (unpaired) electrons. The van der Waals surface area contributed by atoms with Gasteiger partial charge in [-0.25, -0.2) is 0 Å². The molecule has 1 aromatic rings. The Balaban J connectivity index is 2.77. The molecule has 0 aliphatic carbocycles. The van der Waals surface area contributed by atoms with Gasteiger partial charge in [0.05, 0.1) is 7.11 Å². The highest BCUT2D eigenvalue weighted by molar-refractivity contribution is 5.96. The van der Waals surface area contributed by atoms with Crippen LogP contribution in [0.1, 0.15) is 23.6 Å². The zero-order chi connectivity index (χ0) is 14.6. The summed E-state index contributed by atoms with van der Waals surface area (Å²) in [6, 6.07) is 3.71. The summed E-state index contributed by atoms with van der Waals surface area (Å²) in [5.74, 6) is -1.85. The lowest BCUT2D eigenvalue weighted by Crippen LogP contribution is -2.33. The summed E-state index contributed by atoms with van der Waals surface area (Å²) < 4.78 is 5.21. The fraction of sp³-hybridized carbons (Fsp3) is 0.429. The van der Waals surface area contributed by atoms with Gasteiger partial charge in [0.1, 0.15) is 11.7 Å². The van der Waals surface area contributed by atoms with Crippen LogP contribution in [0.5, 0.6) is 5.75 Å². The van der Waals surface area contributed by atoms with Gasteiger partial charge in [-0.2, -0.15) is 0 Å². The van der Waals surface area contributed by atoms with E-state index >= 15 is 0 Å². The average Bonchev–Trinajstić information content (AvgIpc) is 2.39. The number of carboxylic acids is 1. The van der Waals surface area contributed by atoms with Crippen molar-refractivity contribution in [1.29, 1.82) is 0 Å². The Bertz CT molecular complexity index is 496. The van der Waals surface area contributed by atoms with Crippen LogP contribution in [0.4, 0.5) is 0 Å². The summed E-state index contributed by atoms with van der Waals surface area (Å²) in [5.41, 5.74) is 2.99. The van der Waals surface area contributed by atoms with Gasteiger partial charge in [0, 0.05) is 6.54 Å². The summed E-state index contributed by atoms with van der Waals surface area (Å²) in [4.78, 5) is 22.2. The SMILES string of the molecule is COc1ccc(CNC(=O)C(C)C(=O)O)c(C)c1C. The Morgan fingerprint density at radius 2 is 1.95 bits per heavy atom. The average molecular weight is 265 g/mol. The van der Waals surface area contributed by atoms with E-state index in [9.17, 15) is 9.59 Å². The molecule has 0 aliphatic rings. The van der Waals surface area contributed by atoms with Crippen molar-refractivity contribution in [3.05, 3.63) is 28.8 Å². The summed E-state index contributed by atoms with van der Waals surface area (Å²) in [6.45, 7) is 5.57. The second kappa shape index (κ2) is 6.22. The van der Waals surface area contributed by atoms with E-state index < -0.39 is 17.8 Å². The van der Waals surface area contributed by atoms with E-state index in [1.807, 2.05) is 26.0 Å². The van der Waals surface area contributed by atoms with Gasteiger partial charge in [0.15, 0.2) is 0 Å². The van der Waals surface area contributed by atoms with Gasteiger partial charge >= 0.3 is 5.97 Å². The molecule has 0 fully saturated rings. The smallest absolute Gasteiger partial charge is 0.315 e. The first-order valence-electron chi connectivity index (χ1n) is 6.02. The number of hydrogen-bond acceptors (Lipinski definition) is 3. The number of carbonyl (C=O) groups is 2. The molecule has 5 nitrogen and oxygen atoms in total. The summed E-state index contributed by atoms with van der Waals surface area (Å²) in [5, 5.41) is 11.4. The molecule has 19 heavy (non-hydrogen) atoms. The zero-order valence-corrected chi connectivity index (χ0v) is 11.6. The summed E-state index contributed by atoms with van der Waals surface area (Å²) in [7, 11) is 1.61. The number of benzene rings is 1. The molecule has 0 saturated carbocycles. The van der Waals surface area contributed by atoms with Crippen molar-refractivity contribution in [2.45, 2.75) is 27.3 Å². The molecule has 0 saturated heterocycles. The van der Waals surface area contributed by atoms with E-state index in [0.29, 0.717) is 6.54 Å². The fourth-order valence-electron chi connectivity index (χ4n) is 1.71. The zero-order valence-electron chi connectivity index (χ0n) is 11.6. The molecule has 0 aromatic heterocycles. The molecule has 2 N–H and O–H groups in total. The fourth-order valence-corrected chi connectivity index (χ4v) is 1.71. The molecule has 1 aromatic carbocycles. The largest absolute Gasteiger partial charge is 0.496 e. The van der Waals surface area contributed by atoms with Gasteiger partial charge in [0.2, 0.25) is 5.91 Å². The minimum Gasteiger partial charge on any atom is -0.496 e. The lowest BCUT2D eigenvalue weighted by Gasteiger charge is -2.14. The van der Waals surface area contributed by atoms with Crippen molar-refractivity contribution in [3.63, 3.8) is 0 Å². The molecule has 5 heteroatoms. The monoisotopic (exact) mass is 265 g/mol. The van der Waals surface area contributed by atoms with Crippen LogP contribution in [0.2, 0.25) is 0 Å². The van der Waals surface area contributed by atoms with Gasteiger partial charge < -0.3 is 15.2 Å². The summed E-state index contributed by atoms with van der Waals surface area (Å²) >= 11 is 0. The number of rotatable bonds is 5. The van der Waals surface area contributed by atoms with Crippen molar-refractivity contribution < 1.29 is 19.4 Å². The minimum absolute atomic E-state index is 0.313. The van der Waals surface area contributed by atoms with E-state index in [4.69, 9.17) is 9.84 Å². The first kappa shape index (κ1) is 15.0. The third kappa shape index (κ3) is 3.47. The molecule has 104 valence electrons. The van der Waals surface area contributed by atoms with Crippen LogP contribution in [0.3, 0.4) is 0 Å². The minimum atomic E-state index is -1.12. The molecule has 1 unspecified atom stereocenters. The standard InChI is InChI=1S/C14H19NO4/c1-8-9(2)12(19-4)6-5-11(8)7-15-13(16)10(3)14(17)18/h5-6,10H,7H2,1-4H3,(H,15,16)(H,17,18). The first-order valence-corrected chi connectivity index (χ1v) is 6.02. The molecule has 0 aliphatic heterocycles. The molecule has 1 amide bonds. The quantitative estimate of drug-likeness (QED) is 0.794. The number of carboxylic acid groups (broad SMARTS) is 1. The van der Waals surface area contributed by atoms with Crippen LogP contribution in [0.15, 0.2) is 12.1 Å². The van der Waals surface area contributed by atoms with Gasteiger partial charge in [-0.1, -0.05) is 6.07 Å². The molecular weight excluding hydrogens is 246 g/mol. The Hall–Kier alpha value is -2.04. The lowest BCUT2D eigenvalue weighted by atomic mass is 10.0. The molecule has 0 spiro atoms. The van der Waals surface area contributed by atoms with Crippen LogP contribution in [0.25, 0.3) is 0 Å². The Kier molecular flexibility index (Phi) is 4.92. The number of ether oxygens (including phenoxy) is 1. The maximum atomic E-state index is 11.6. The second-order valence-electron chi connectivity index (χ2n) is 4.45. The van der Waals surface area contributed by atoms with Crippen molar-refractivity contribution in [2.24, 2.45) is 5.92 Å². The number of amides is 1. The van der Waals surface area contributed by atoms with Gasteiger partial charge in [0.25, 0.3) is 0 Å². The number of methoxy groups -OCH3 is 1. The van der Waals surface area contributed by atoms with Gasteiger partial charge in [-0.15, -0.1) is 0 Å². The number of hydrogen-bond donors (Lipinski definition) is 2. The molecular formula is C14H19NO4. The van der Waals surface area contributed by atoms with Crippen molar-refractivity contribution >= 4 is 11.9 Å². The van der Waals surface area contributed by atoms with E-state index in [1.165, 1.54) is 6.92 Å². The lowest BCUT2D eigenvalue weighted by molar-refractivity contribution is -0.146. The topological polar surface area (TPSA) is 75.6 Å². The van der Waals surface area contributed by atoms with Crippen LogP contribution < -0.4 is 10.1 Å². The van der Waals surface area contributed by atoms with Crippen LogP contribution in [0, 0.1) is 19.8 Å². The van der Waals surface area contributed by atoms with E-state index in [2.05, 4.69) is 5.32 Å². The Labute approximate surface area is 112 Å². The molecule has 1 atom stereocenters. The predicted molar refractivity (Wildman–Crippen MR) is 71.1 cm³/mol. The van der Waals surface area contributed by atoms with Crippen molar-refractivity contribution in [1.82, 2.24) is 5.32 Å². The molecule has 0 bridgehead atoms. The Morgan fingerprint density at radius 1 is 1.32 bits per heavy atom. The predicted octanol–water partition coefficient (Wildman–Crippen LogP) is 1.65. The third-order valence-electron chi connectivity index (χ3n) is 3.29. The second-order valence-corrected chi connectivity index (χ2v) is 4.45. The molecule has 1 rings (SSSR count). The van der Waals surface area contributed by atoms with Crippen LogP contribution in [-0.2, 0) is 16.1 Å². The molecule has 0 heterocycles. The van der Waals surface area contributed by atoms with E-state index in [-0.39, 0.29) is 0 Å². The maximum absolute atomic E-state index is 11.6. The van der Waals surface area contributed by atoms with E-state index in [1.54, 1.807) is 7.11 Å². The highest BCUT2D eigenvalue weighted by atomic mass is 16.5. The van der Waals surface area contributed by atoms with Crippen LogP contribution in [-0.4, -0.2) is 24.1 Å². The van der Waals surface area contributed by atoms with Crippen molar-refractivity contribution in [3.8, 4) is 5.75 Å². The van der Waals surface area contributed by atoms with Gasteiger partial charge in [-0.05, 0) is 43.5 Å². The third-order valence-corrected chi connectivity index (χ3v) is 3.29. The Morgan fingerprint density at radius 3 is 2.47 bits per heavy atom. The first-order chi connectivity index (χ1) is 8.88. The number of aliphatic carboxylic acids is 1. The van der Waals surface area contributed by atoms with Gasteiger partial charge in [-0.3, -0.25) is 9.59 Å². The normalized spacial score (nSPS) is 11.8. The highest BCUT2D eigenvalue weighted by Crippen LogP contribution is 2.23. The maximum Gasteiger partial charge on any atom is 0.315 e. The number of nitrogens with one attached hydrogen (secondary N) is 1. The van der Waals surface area contributed by atoms with Crippen molar-refractivity contribution in [2.75, 3.05) is 7.11 Å². The summed E-state index contributed by atoms with van der Waals surface area (Å²) in [6.07, 6.45) is 0.